The molecule has 0 fully saturated rings. The molecule has 1 rings (SSSR count). The number of aryl methyl sites for hydroxylation is 1. The molecule has 0 bridgehead atoms. The van der Waals surface area contributed by atoms with Crippen LogP contribution in [0.15, 0.2) is 6.20 Å². The third-order valence-electron chi connectivity index (χ3n) is 1.62. The zero-order valence-corrected chi connectivity index (χ0v) is 9.65. The topological polar surface area (TPSA) is 54.9 Å². The Kier molecular flexibility index (Phi) is 4.28. The quantitative estimate of drug-likeness (QED) is 0.795. The van der Waals surface area contributed by atoms with Gasteiger partial charge in [0.05, 0.1) is 0 Å². The lowest BCUT2D eigenvalue weighted by Gasteiger charge is -2.06. The average Bonchev–Trinajstić information content (AvgIpc) is 2.10. The molecule has 1 unspecified atom stereocenters. The van der Waals surface area contributed by atoms with Gasteiger partial charge in [-0.3, -0.25) is 4.21 Å². The van der Waals surface area contributed by atoms with E-state index in [-0.39, 0.29) is 5.28 Å². The van der Waals surface area contributed by atoms with Gasteiger partial charge < -0.3 is 5.32 Å². The fraction of sp³-hybridized carbons (Fsp3) is 0.500. The molecule has 1 atom stereocenters. The van der Waals surface area contributed by atoms with Gasteiger partial charge in [-0.25, -0.2) is 9.97 Å². The van der Waals surface area contributed by atoms with E-state index in [4.69, 9.17) is 11.6 Å². The summed E-state index contributed by atoms with van der Waals surface area (Å²) < 4.78 is 10.8. The molecule has 0 aromatic carbocycles. The minimum absolute atomic E-state index is 0.218. The summed E-state index contributed by atoms with van der Waals surface area (Å²) >= 11 is 5.64. The first-order valence-electron chi connectivity index (χ1n) is 4.12. The van der Waals surface area contributed by atoms with E-state index in [2.05, 4.69) is 15.3 Å². The smallest absolute Gasteiger partial charge is 0.224 e. The molecule has 0 aliphatic heterocycles. The molecule has 0 aliphatic rings. The highest BCUT2D eigenvalue weighted by Gasteiger charge is 2.01. The van der Waals surface area contributed by atoms with Gasteiger partial charge in [0.25, 0.3) is 0 Å². The predicted molar refractivity (Wildman–Crippen MR) is 59.2 cm³/mol. The summed E-state index contributed by atoms with van der Waals surface area (Å²) in [6.07, 6.45) is 3.32. The third kappa shape index (κ3) is 3.59. The summed E-state index contributed by atoms with van der Waals surface area (Å²) in [5, 5.41) is 3.27. The molecule has 0 radical (unpaired) electrons. The van der Waals surface area contributed by atoms with E-state index in [1.165, 1.54) is 0 Å². The van der Waals surface area contributed by atoms with E-state index in [9.17, 15) is 4.21 Å². The van der Waals surface area contributed by atoms with Gasteiger partial charge in [0.1, 0.15) is 5.82 Å². The van der Waals surface area contributed by atoms with Gasteiger partial charge in [0.15, 0.2) is 0 Å². The maximum absolute atomic E-state index is 10.8. The lowest BCUT2D eigenvalue weighted by Crippen LogP contribution is -2.12. The first-order chi connectivity index (χ1) is 6.59. The normalized spacial score (nSPS) is 12.5. The van der Waals surface area contributed by atoms with Crippen molar-refractivity contribution in [3.63, 3.8) is 0 Å². The highest BCUT2D eigenvalue weighted by Crippen LogP contribution is 2.11. The molecule has 78 valence electrons. The van der Waals surface area contributed by atoms with E-state index in [0.717, 1.165) is 5.56 Å². The van der Waals surface area contributed by atoms with E-state index in [1.54, 1.807) is 12.5 Å². The molecule has 0 spiro atoms. The number of hydrogen-bond donors (Lipinski definition) is 1. The van der Waals surface area contributed by atoms with Crippen molar-refractivity contribution in [2.24, 2.45) is 0 Å². The molecular weight excluding hydrogens is 222 g/mol. The standard InChI is InChI=1S/C8H12ClN3OS/c1-6-5-11-8(9)12-7(6)10-3-4-14(2)13/h5H,3-4H2,1-2H3,(H,10,11,12). The minimum Gasteiger partial charge on any atom is -0.369 e. The van der Waals surface area contributed by atoms with Gasteiger partial charge in [-0.15, -0.1) is 0 Å². The van der Waals surface area contributed by atoms with Gasteiger partial charge in [-0.1, -0.05) is 0 Å². The number of nitrogens with one attached hydrogen (secondary N) is 1. The molecule has 0 saturated carbocycles. The highest BCUT2D eigenvalue weighted by atomic mass is 35.5. The van der Waals surface area contributed by atoms with E-state index >= 15 is 0 Å². The Labute approximate surface area is 90.6 Å². The van der Waals surface area contributed by atoms with E-state index in [1.807, 2.05) is 6.92 Å². The predicted octanol–water partition coefficient (Wildman–Crippen LogP) is 1.23. The minimum atomic E-state index is -0.790. The molecule has 0 amide bonds. The van der Waals surface area contributed by atoms with Crippen molar-refractivity contribution in [1.82, 2.24) is 9.97 Å². The number of nitrogens with zero attached hydrogens (tertiary/aromatic N) is 2. The Balaban J connectivity index is 2.57. The van der Waals surface area contributed by atoms with Gasteiger partial charge in [-0.2, -0.15) is 0 Å². The molecule has 1 N–H and O–H groups in total. The van der Waals surface area contributed by atoms with Crippen molar-refractivity contribution >= 4 is 28.2 Å². The highest BCUT2D eigenvalue weighted by molar-refractivity contribution is 7.84. The monoisotopic (exact) mass is 233 g/mol. The van der Waals surface area contributed by atoms with Crippen LogP contribution in [0.4, 0.5) is 5.82 Å². The number of rotatable bonds is 4. The molecule has 6 heteroatoms. The SMILES string of the molecule is Cc1cnc(Cl)nc1NCCS(C)=O. The van der Waals surface area contributed by atoms with Crippen LogP contribution in [0.3, 0.4) is 0 Å². The Morgan fingerprint density at radius 3 is 3.00 bits per heavy atom. The van der Waals surface area contributed by atoms with Crippen LogP contribution in [0, 0.1) is 6.92 Å². The molecule has 1 aromatic rings. The van der Waals surface area contributed by atoms with Crippen LogP contribution in [-0.2, 0) is 10.8 Å². The summed E-state index contributed by atoms with van der Waals surface area (Å²) in [4.78, 5) is 7.85. The van der Waals surface area contributed by atoms with Crippen molar-refractivity contribution < 1.29 is 4.21 Å². The van der Waals surface area contributed by atoms with Crippen molar-refractivity contribution in [3.05, 3.63) is 17.0 Å². The average molecular weight is 234 g/mol. The second-order valence-electron chi connectivity index (χ2n) is 2.87. The fourth-order valence-corrected chi connectivity index (χ4v) is 1.44. The van der Waals surface area contributed by atoms with Crippen molar-refractivity contribution in [2.75, 3.05) is 23.9 Å². The van der Waals surface area contributed by atoms with Crippen molar-refractivity contribution in [1.29, 1.82) is 0 Å². The number of hydrogen-bond acceptors (Lipinski definition) is 4. The second kappa shape index (κ2) is 5.26. The molecule has 4 nitrogen and oxygen atoms in total. The Bertz CT molecular complexity index is 345. The van der Waals surface area contributed by atoms with Crippen LogP contribution in [0.25, 0.3) is 0 Å². The lowest BCUT2D eigenvalue weighted by molar-refractivity contribution is 0.687. The van der Waals surface area contributed by atoms with Crippen molar-refractivity contribution in [3.8, 4) is 0 Å². The van der Waals surface area contributed by atoms with E-state index < -0.39 is 10.8 Å². The maximum Gasteiger partial charge on any atom is 0.224 e. The van der Waals surface area contributed by atoms with Crippen LogP contribution < -0.4 is 5.32 Å². The van der Waals surface area contributed by atoms with Crippen LogP contribution >= 0.6 is 11.6 Å². The van der Waals surface area contributed by atoms with Crippen LogP contribution in [0.5, 0.6) is 0 Å². The largest absolute Gasteiger partial charge is 0.369 e. The number of anilines is 1. The summed E-state index contributed by atoms with van der Waals surface area (Å²) in [5.41, 5.74) is 0.927. The van der Waals surface area contributed by atoms with E-state index in [0.29, 0.717) is 18.1 Å². The molecule has 14 heavy (non-hydrogen) atoms. The molecule has 0 aliphatic carbocycles. The first kappa shape index (κ1) is 11.4. The first-order valence-corrected chi connectivity index (χ1v) is 6.23. The van der Waals surface area contributed by atoms with Crippen LogP contribution in [0.2, 0.25) is 5.28 Å². The third-order valence-corrected chi connectivity index (χ3v) is 2.59. The molecule has 0 saturated heterocycles. The molecular formula is C8H12ClN3OS. The summed E-state index contributed by atoms with van der Waals surface area (Å²) in [7, 11) is -0.790. The summed E-state index contributed by atoms with van der Waals surface area (Å²) in [6, 6.07) is 0. The zero-order valence-electron chi connectivity index (χ0n) is 8.08. The molecule has 1 aromatic heterocycles. The second-order valence-corrected chi connectivity index (χ2v) is 4.77. The fourth-order valence-electron chi connectivity index (χ4n) is 0.913. The number of aromatic nitrogens is 2. The molecule has 1 heterocycles. The Hall–Kier alpha value is -0.680. The lowest BCUT2D eigenvalue weighted by atomic mass is 10.3. The van der Waals surface area contributed by atoms with Gasteiger partial charge in [0.2, 0.25) is 5.28 Å². The zero-order chi connectivity index (χ0) is 10.6. The van der Waals surface area contributed by atoms with Crippen molar-refractivity contribution in [2.45, 2.75) is 6.92 Å². The van der Waals surface area contributed by atoms with Crippen LogP contribution in [0.1, 0.15) is 5.56 Å². The van der Waals surface area contributed by atoms with Gasteiger partial charge in [-0.05, 0) is 18.5 Å². The van der Waals surface area contributed by atoms with Gasteiger partial charge >= 0.3 is 0 Å². The number of halogens is 1. The Morgan fingerprint density at radius 2 is 2.36 bits per heavy atom. The summed E-state index contributed by atoms with van der Waals surface area (Å²) in [5.74, 6) is 1.30. The van der Waals surface area contributed by atoms with Crippen LogP contribution in [-0.4, -0.2) is 32.7 Å². The summed E-state index contributed by atoms with van der Waals surface area (Å²) in [6.45, 7) is 2.51. The maximum atomic E-state index is 10.8. The van der Waals surface area contributed by atoms with Gasteiger partial charge in [0, 0.05) is 41.1 Å². The Morgan fingerprint density at radius 1 is 1.64 bits per heavy atom.